The van der Waals surface area contributed by atoms with E-state index in [0.29, 0.717) is 5.92 Å². The Morgan fingerprint density at radius 1 is 1.75 bits per heavy atom. The molecule has 2 nitrogen and oxygen atoms in total. The van der Waals surface area contributed by atoms with Crippen LogP contribution in [-0.2, 0) is 4.84 Å². The maximum Gasteiger partial charge on any atom is 0.106 e. The Morgan fingerprint density at radius 2 is 2.38 bits per heavy atom. The monoisotopic (exact) mass is 115 g/mol. The van der Waals surface area contributed by atoms with Crippen molar-refractivity contribution in [2.45, 2.75) is 20.3 Å². The average Bonchev–Trinajstić information content (AvgIpc) is 1.83. The summed E-state index contributed by atoms with van der Waals surface area (Å²) in [6.07, 6.45) is 2.92. The van der Waals surface area contributed by atoms with Crippen molar-refractivity contribution in [3.63, 3.8) is 0 Å². The molecule has 0 radical (unpaired) electrons. The molecule has 0 aromatic rings. The second-order valence-corrected chi connectivity index (χ2v) is 1.82. The Morgan fingerprint density at radius 3 is 2.75 bits per heavy atom. The second-order valence-electron chi connectivity index (χ2n) is 1.82. The van der Waals surface area contributed by atoms with Crippen molar-refractivity contribution in [1.29, 1.82) is 0 Å². The van der Waals surface area contributed by atoms with E-state index in [1.54, 1.807) is 13.3 Å². The molecule has 0 saturated heterocycles. The molecule has 0 aliphatic heterocycles. The van der Waals surface area contributed by atoms with E-state index in [0.717, 1.165) is 6.42 Å². The quantitative estimate of drug-likeness (QED) is 0.405. The molecule has 0 fully saturated rings. The number of rotatable bonds is 3. The van der Waals surface area contributed by atoms with Gasteiger partial charge in [-0.1, -0.05) is 19.0 Å². The summed E-state index contributed by atoms with van der Waals surface area (Å²) < 4.78 is 0. The third-order valence-corrected chi connectivity index (χ3v) is 1.06. The van der Waals surface area contributed by atoms with Gasteiger partial charge >= 0.3 is 0 Å². The first-order valence-electron chi connectivity index (χ1n) is 2.88. The van der Waals surface area contributed by atoms with Crippen LogP contribution in [0.1, 0.15) is 20.3 Å². The maximum atomic E-state index is 4.48. The van der Waals surface area contributed by atoms with Crippen LogP contribution in [0.4, 0.5) is 0 Å². The minimum atomic E-state index is 0.537. The van der Waals surface area contributed by atoms with Gasteiger partial charge in [-0.3, -0.25) is 0 Å². The predicted octanol–water partition coefficient (Wildman–Crippen LogP) is 1.66. The van der Waals surface area contributed by atoms with Gasteiger partial charge < -0.3 is 4.84 Å². The first-order valence-corrected chi connectivity index (χ1v) is 2.88. The first kappa shape index (κ1) is 7.47. The highest BCUT2D eigenvalue weighted by Crippen LogP contribution is 1.94. The van der Waals surface area contributed by atoms with E-state index in [1.165, 1.54) is 0 Å². The Balaban J connectivity index is 3.21. The van der Waals surface area contributed by atoms with Crippen LogP contribution in [0, 0.1) is 5.92 Å². The lowest BCUT2D eigenvalue weighted by atomic mass is 10.1. The van der Waals surface area contributed by atoms with Gasteiger partial charge in [-0.2, -0.15) is 0 Å². The predicted molar refractivity (Wildman–Crippen MR) is 35.0 cm³/mol. The van der Waals surface area contributed by atoms with Crippen molar-refractivity contribution >= 4 is 6.21 Å². The Labute approximate surface area is 50.5 Å². The Bertz CT molecular complexity index is 70.9. The fourth-order valence-electron chi connectivity index (χ4n) is 0.270. The van der Waals surface area contributed by atoms with Crippen LogP contribution in [0.2, 0.25) is 0 Å². The third kappa shape index (κ3) is 3.65. The van der Waals surface area contributed by atoms with E-state index in [4.69, 9.17) is 0 Å². The van der Waals surface area contributed by atoms with Crippen molar-refractivity contribution < 1.29 is 4.84 Å². The SMILES string of the molecule is CCC(C)/C=N/OC. The minimum absolute atomic E-state index is 0.537. The van der Waals surface area contributed by atoms with Gasteiger partial charge in [-0.15, -0.1) is 0 Å². The third-order valence-electron chi connectivity index (χ3n) is 1.06. The second kappa shape index (κ2) is 4.62. The van der Waals surface area contributed by atoms with Crippen LogP contribution in [0.3, 0.4) is 0 Å². The van der Waals surface area contributed by atoms with Crippen molar-refractivity contribution in [3.05, 3.63) is 0 Å². The lowest BCUT2D eigenvalue weighted by Crippen LogP contribution is -1.92. The summed E-state index contributed by atoms with van der Waals surface area (Å²) in [5.41, 5.74) is 0. The topological polar surface area (TPSA) is 21.6 Å². The van der Waals surface area contributed by atoms with E-state index in [2.05, 4.69) is 23.8 Å². The molecule has 1 atom stereocenters. The molecule has 0 rings (SSSR count). The summed E-state index contributed by atoms with van der Waals surface area (Å²) in [7, 11) is 1.55. The van der Waals surface area contributed by atoms with Gasteiger partial charge in [0.05, 0.1) is 0 Å². The van der Waals surface area contributed by atoms with Gasteiger partial charge in [0, 0.05) is 6.21 Å². The van der Waals surface area contributed by atoms with E-state index < -0.39 is 0 Å². The highest BCUT2D eigenvalue weighted by molar-refractivity contribution is 5.59. The normalized spacial score (nSPS) is 14.4. The molecule has 0 aliphatic carbocycles. The molecule has 0 N–H and O–H groups in total. The van der Waals surface area contributed by atoms with Gasteiger partial charge in [0.15, 0.2) is 0 Å². The summed E-state index contributed by atoms with van der Waals surface area (Å²) in [5.74, 6) is 0.537. The summed E-state index contributed by atoms with van der Waals surface area (Å²) in [6, 6.07) is 0. The summed E-state index contributed by atoms with van der Waals surface area (Å²) in [6.45, 7) is 4.22. The lowest BCUT2D eigenvalue weighted by molar-refractivity contribution is 0.213. The molecule has 0 saturated carbocycles. The first-order chi connectivity index (χ1) is 3.81. The van der Waals surface area contributed by atoms with E-state index in [-0.39, 0.29) is 0 Å². The van der Waals surface area contributed by atoms with Gasteiger partial charge in [0.1, 0.15) is 7.11 Å². The van der Waals surface area contributed by atoms with Crippen molar-refractivity contribution in [2.75, 3.05) is 7.11 Å². The minimum Gasteiger partial charge on any atom is -0.399 e. The highest BCUT2D eigenvalue weighted by atomic mass is 16.6. The molecule has 0 heterocycles. The summed E-state index contributed by atoms with van der Waals surface area (Å²) in [5, 5.41) is 3.62. The Hall–Kier alpha value is -0.530. The molecule has 0 spiro atoms. The Kier molecular flexibility index (Phi) is 4.32. The van der Waals surface area contributed by atoms with E-state index >= 15 is 0 Å². The van der Waals surface area contributed by atoms with Gasteiger partial charge in [-0.25, -0.2) is 0 Å². The van der Waals surface area contributed by atoms with Crippen LogP contribution < -0.4 is 0 Å². The standard InChI is InChI=1S/C6H13NO/c1-4-6(2)5-7-8-3/h5-6H,4H2,1-3H3/b7-5+. The number of oxime groups is 1. The fourth-order valence-corrected chi connectivity index (χ4v) is 0.270. The molecular formula is C6H13NO. The van der Waals surface area contributed by atoms with Crippen LogP contribution >= 0.6 is 0 Å². The molecule has 2 heteroatoms. The number of hydrogen-bond donors (Lipinski definition) is 0. The highest BCUT2D eigenvalue weighted by Gasteiger charge is 1.89. The molecule has 0 amide bonds. The zero-order valence-corrected chi connectivity index (χ0v) is 5.72. The molecule has 1 unspecified atom stereocenters. The van der Waals surface area contributed by atoms with Crippen molar-refractivity contribution in [1.82, 2.24) is 0 Å². The fraction of sp³-hybridized carbons (Fsp3) is 0.833. The number of nitrogens with zero attached hydrogens (tertiary/aromatic N) is 1. The molecule has 8 heavy (non-hydrogen) atoms. The molecule has 0 aliphatic rings. The van der Waals surface area contributed by atoms with Gasteiger partial charge in [-0.05, 0) is 12.3 Å². The van der Waals surface area contributed by atoms with Crippen molar-refractivity contribution in [3.8, 4) is 0 Å². The molecule has 0 aromatic heterocycles. The lowest BCUT2D eigenvalue weighted by Gasteiger charge is -1.95. The molecule has 0 aromatic carbocycles. The average molecular weight is 115 g/mol. The van der Waals surface area contributed by atoms with Crippen LogP contribution in [-0.4, -0.2) is 13.3 Å². The molecule has 0 bridgehead atoms. The smallest absolute Gasteiger partial charge is 0.106 e. The molecular weight excluding hydrogens is 102 g/mol. The van der Waals surface area contributed by atoms with Gasteiger partial charge in [0.25, 0.3) is 0 Å². The van der Waals surface area contributed by atoms with Crippen LogP contribution in [0.25, 0.3) is 0 Å². The van der Waals surface area contributed by atoms with Gasteiger partial charge in [0.2, 0.25) is 0 Å². The van der Waals surface area contributed by atoms with Crippen LogP contribution in [0.5, 0.6) is 0 Å². The zero-order chi connectivity index (χ0) is 6.41. The number of hydrogen-bond acceptors (Lipinski definition) is 2. The molecule has 48 valence electrons. The largest absolute Gasteiger partial charge is 0.399 e. The van der Waals surface area contributed by atoms with E-state index in [1.807, 2.05) is 0 Å². The van der Waals surface area contributed by atoms with Crippen LogP contribution in [0.15, 0.2) is 5.16 Å². The maximum absolute atomic E-state index is 4.48. The van der Waals surface area contributed by atoms with E-state index in [9.17, 15) is 0 Å². The zero-order valence-electron chi connectivity index (χ0n) is 5.72. The van der Waals surface area contributed by atoms with Crippen molar-refractivity contribution in [2.24, 2.45) is 11.1 Å². The summed E-state index contributed by atoms with van der Waals surface area (Å²) >= 11 is 0. The summed E-state index contributed by atoms with van der Waals surface area (Å²) in [4.78, 5) is 4.48.